The summed E-state index contributed by atoms with van der Waals surface area (Å²) in [5, 5.41) is 6.29. The molecule has 1 atom stereocenters. The van der Waals surface area contributed by atoms with Crippen molar-refractivity contribution < 1.29 is 9.53 Å². The average Bonchev–Trinajstić information content (AvgIpc) is 2.96. The molecule has 1 fully saturated rings. The first-order valence-electron chi connectivity index (χ1n) is 8.18. The van der Waals surface area contributed by atoms with Crippen LogP contribution in [0, 0.1) is 0 Å². The molecule has 1 aromatic carbocycles. The van der Waals surface area contributed by atoms with Gasteiger partial charge in [0.05, 0.1) is 6.61 Å². The van der Waals surface area contributed by atoms with Gasteiger partial charge >= 0.3 is 0 Å². The number of halogens is 1. The SMILES string of the molecule is CC(C)(C)c1ccc(OCCCC(=O)NC2CCNC2)cc1.Cl. The van der Waals surface area contributed by atoms with E-state index < -0.39 is 0 Å². The smallest absolute Gasteiger partial charge is 0.220 e. The molecular weight excluding hydrogens is 312 g/mol. The number of rotatable bonds is 6. The zero-order valence-corrected chi connectivity index (χ0v) is 15.2. The molecule has 130 valence electrons. The van der Waals surface area contributed by atoms with E-state index in [1.165, 1.54) is 5.56 Å². The van der Waals surface area contributed by atoms with Crippen molar-refractivity contribution in [1.29, 1.82) is 0 Å². The van der Waals surface area contributed by atoms with Crippen LogP contribution >= 0.6 is 12.4 Å². The predicted molar refractivity (Wildman–Crippen MR) is 96.5 cm³/mol. The average molecular weight is 341 g/mol. The van der Waals surface area contributed by atoms with Crippen LogP contribution in [0.25, 0.3) is 0 Å². The molecular formula is C18H29ClN2O2. The lowest BCUT2D eigenvalue weighted by atomic mass is 9.87. The number of hydrogen-bond donors (Lipinski definition) is 2. The Kier molecular flexibility index (Phi) is 7.86. The van der Waals surface area contributed by atoms with E-state index in [1.54, 1.807) is 0 Å². The van der Waals surface area contributed by atoms with E-state index in [1.807, 2.05) is 12.1 Å². The fraction of sp³-hybridized carbons (Fsp3) is 0.611. The van der Waals surface area contributed by atoms with Crippen LogP contribution in [0.1, 0.15) is 45.6 Å². The molecule has 0 spiro atoms. The third-order valence-electron chi connectivity index (χ3n) is 3.96. The molecule has 1 unspecified atom stereocenters. The lowest BCUT2D eigenvalue weighted by molar-refractivity contribution is -0.121. The molecule has 4 nitrogen and oxygen atoms in total. The van der Waals surface area contributed by atoms with Gasteiger partial charge in [0.15, 0.2) is 0 Å². The summed E-state index contributed by atoms with van der Waals surface area (Å²) >= 11 is 0. The van der Waals surface area contributed by atoms with Crippen LogP contribution < -0.4 is 15.4 Å². The molecule has 0 aliphatic carbocycles. The number of amides is 1. The standard InChI is InChI=1S/C18H28N2O2.ClH/c1-18(2,3)14-6-8-16(9-7-14)22-12-4-5-17(21)20-15-10-11-19-13-15;/h6-9,15,19H,4-5,10-13H2,1-3H3,(H,20,21);1H. The van der Waals surface area contributed by atoms with Crippen molar-refractivity contribution in [2.45, 2.75) is 51.5 Å². The number of carbonyl (C=O) groups is 1. The monoisotopic (exact) mass is 340 g/mol. The minimum atomic E-state index is 0. The Balaban J connectivity index is 0.00000264. The molecule has 1 aliphatic heterocycles. The summed E-state index contributed by atoms with van der Waals surface area (Å²) in [6, 6.07) is 8.53. The third-order valence-corrected chi connectivity index (χ3v) is 3.96. The van der Waals surface area contributed by atoms with Crippen molar-refractivity contribution in [3.05, 3.63) is 29.8 Å². The third kappa shape index (κ3) is 6.80. The molecule has 1 heterocycles. The Morgan fingerprint density at radius 1 is 1.30 bits per heavy atom. The Morgan fingerprint density at radius 3 is 2.57 bits per heavy atom. The summed E-state index contributed by atoms with van der Waals surface area (Å²) in [5.74, 6) is 0.994. The zero-order valence-electron chi connectivity index (χ0n) is 14.4. The first kappa shape index (κ1) is 19.8. The minimum Gasteiger partial charge on any atom is -0.494 e. The Hall–Kier alpha value is -1.26. The second kappa shape index (κ2) is 9.14. The van der Waals surface area contributed by atoms with Gasteiger partial charge in [0.25, 0.3) is 0 Å². The number of hydrogen-bond acceptors (Lipinski definition) is 3. The van der Waals surface area contributed by atoms with Gasteiger partial charge < -0.3 is 15.4 Å². The number of ether oxygens (including phenoxy) is 1. The van der Waals surface area contributed by atoms with Crippen molar-refractivity contribution >= 4 is 18.3 Å². The van der Waals surface area contributed by atoms with Gasteiger partial charge in [-0.2, -0.15) is 0 Å². The quantitative estimate of drug-likeness (QED) is 0.782. The maximum atomic E-state index is 11.8. The first-order chi connectivity index (χ1) is 10.4. The molecule has 1 aliphatic rings. The fourth-order valence-electron chi connectivity index (χ4n) is 2.55. The molecule has 0 aromatic heterocycles. The first-order valence-corrected chi connectivity index (χ1v) is 8.18. The van der Waals surface area contributed by atoms with Crippen molar-refractivity contribution in [2.75, 3.05) is 19.7 Å². The maximum absolute atomic E-state index is 11.8. The van der Waals surface area contributed by atoms with Gasteiger partial charge in [-0.05, 0) is 42.5 Å². The number of carbonyl (C=O) groups excluding carboxylic acids is 1. The highest BCUT2D eigenvalue weighted by atomic mass is 35.5. The fourth-order valence-corrected chi connectivity index (χ4v) is 2.55. The van der Waals surface area contributed by atoms with Crippen LogP contribution in [0.5, 0.6) is 5.75 Å². The zero-order chi connectivity index (χ0) is 16.0. The van der Waals surface area contributed by atoms with E-state index in [0.29, 0.717) is 19.1 Å². The van der Waals surface area contributed by atoms with Crippen LogP contribution in [0.15, 0.2) is 24.3 Å². The normalized spacial score (nSPS) is 17.4. The molecule has 1 amide bonds. The lowest BCUT2D eigenvalue weighted by Gasteiger charge is -2.19. The van der Waals surface area contributed by atoms with E-state index in [4.69, 9.17) is 4.74 Å². The van der Waals surface area contributed by atoms with Gasteiger partial charge in [-0.25, -0.2) is 0 Å². The Labute approximate surface area is 145 Å². The second-order valence-corrected chi connectivity index (χ2v) is 6.98. The highest BCUT2D eigenvalue weighted by Gasteiger charge is 2.16. The van der Waals surface area contributed by atoms with E-state index in [-0.39, 0.29) is 23.7 Å². The van der Waals surface area contributed by atoms with Crippen LogP contribution in [0.2, 0.25) is 0 Å². The summed E-state index contributed by atoms with van der Waals surface area (Å²) in [6.07, 6.45) is 2.30. The minimum absolute atomic E-state index is 0. The van der Waals surface area contributed by atoms with Gasteiger partial charge in [0.1, 0.15) is 5.75 Å². The van der Waals surface area contributed by atoms with Gasteiger partial charge in [-0.1, -0.05) is 32.9 Å². The van der Waals surface area contributed by atoms with Gasteiger partial charge in [-0.15, -0.1) is 12.4 Å². The lowest BCUT2D eigenvalue weighted by Crippen LogP contribution is -2.36. The van der Waals surface area contributed by atoms with Gasteiger partial charge in [-0.3, -0.25) is 4.79 Å². The summed E-state index contributed by atoms with van der Waals surface area (Å²) in [7, 11) is 0. The molecule has 0 saturated carbocycles. The van der Waals surface area contributed by atoms with Crippen LogP contribution in [-0.4, -0.2) is 31.6 Å². The van der Waals surface area contributed by atoms with Crippen molar-refractivity contribution in [3.63, 3.8) is 0 Å². The molecule has 0 bridgehead atoms. The largest absolute Gasteiger partial charge is 0.494 e. The van der Waals surface area contributed by atoms with Crippen molar-refractivity contribution in [1.82, 2.24) is 10.6 Å². The van der Waals surface area contributed by atoms with E-state index in [9.17, 15) is 4.79 Å². The Bertz CT molecular complexity index is 477. The summed E-state index contributed by atoms with van der Waals surface area (Å²) in [6.45, 7) is 9.05. The van der Waals surface area contributed by atoms with Gasteiger partial charge in [0.2, 0.25) is 5.91 Å². The molecule has 23 heavy (non-hydrogen) atoms. The highest BCUT2D eigenvalue weighted by molar-refractivity contribution is 5.85. The van der Waals surface area contributed by atoms with E-state index in [0.717, 1.165) is 31.7 Å². The van der Waals surface area contributed by atoms with E-state index >= 15 is 0 Å². The van der Waals surface area contributed by atoms with Gasteiger partial charge in [0, 0.05) is 19.0 Å². The number of nitrogens with one attached hydrogen (secondary N) is 2. The highest BCUT2D eigenvalue weighted by Crippen LogP contribution is 2.24. The summed E-state index contributed by atoms with van der Waals surface area (Å²) in [4.78, 5) is 11.8. The summed E-state index contributed by atoms with van der Waals surface area (Å²) < 4.78 is 5.70. The molecule has 1 saturated heterocycles. The second-order valence-electron chi connectivity index (χ2n) is 6.98. The van der Waals surface area contributed by atoms with E-state index in [2.05, 4.69) is 43.5 Å². The maximum Gasteiger partial charge on any atom is 0.220 e. The Morgan fingerprint density at radius 2 is 2.00 bits per heavy atom. The molecule has 1 aromatic rings. The van der Waals surface area contributed by atoms with Crippen molar-refractivity contribution in [3.8, 4) is 5.75 Å². The molecule has 2 rings (SSSR count). The summed E-state index contributed by atoms with van der Waals surface area (Å²) in [5.41, 5.74) is 1.45. The van der Waals surface area contributed by atoms with Crippen molar-refractivity contribution in [2.24, 2.45) is 0 Å². The van der Waals surface area contributed by atoms with Crippen LogP contribution in [0.3, 0.4) is 0 Å². The molecule has 5 heteroatoms. The molecule has 0 radical (unpaired) electrons. The van der Waals surface area contributed by atoms with Crippen LogP contribution in [0.4, 0.5) is 0 Å². The number of benzene rings is 1. The topological polar surface area (TPSA) is 50.4 Å². The predicted octanol–water partition coefficient (Wildman–Crippen LogP) is 3.04. The van der Waals surface area contributed by atoms with Crippen LogP contribution in [-0.2, 0) is 10.2 Å². The molecule has 2 N–H and O–H groups in total.